The highest BCUT2D eigenvalue weighted by Gasteiger charge is 2.18. The van der Waals surface area contributed by atoms with Gasteiger partial charge in [-0.15, -0.1) is 0 Å². The number of benzene rings is 2. The zero-order chi connectivity index (χ0) is 20.2. The highest BCUT2D eigenvalue weighted by atomic mass is 16.7. The minimum Gasteiger partial charge on any atom is -0.457 e. The van der Waals surface area contributed by atoms with Gasteiger partial charge in [-0.25, -0.2) is 4.79 Å². The van der Waals surface area contributed by atoms with E-state index in [1.54, 1.807) is 18.5 Å². The second-order valence-corrected chi connectivity index (χ2v) is 6.07. The molecule has 29 heavy (non-hydrogen) atoms. The summed E-state index contributed by atoms with van der Waals surface area (Å²) in [7, 11) is 0. The van der Waals surface area contributed by atoms with E-state index >= 15 is 0 Å². The Morgan fingerprint density at radius 3 is 2.72 bits per heavy atom. The first-order chi connectivity index (χ1) is 14.1. The summed E-state index contributed by atoms with van der Waals surface area (Å²) in [4.78, 5) is 26.3. The van der Waals surface area contributed by atoms with Crippen LogP contribution in [-0.2, 0) is 11.3 Å². The minimum atomic E-state index is -1.06. The fraction of sp³-hybridized carbons (Fsp3) is 0.0476. The van der Waals surface area contributed by atoms with Crippen LogP contribution < -0.4 is 4.74 Å². The van der Waals surface area contributed by atoms with Gasteiger partial charge in [-0.05, 0) is 35.9 Å². The summed E-state index contributed by atoms with van der Waals surface area (Å²) < 4.78 is 15.6. The van der Waals surface area contributed by atoms with Gasteiger partial charge in [-0.3, -0.25) is 15.1 Å². The number of rotatable bonds is 5. The maximum absolute atomic E-state index is 11.9. The lowest BCUT2D eigenvalue weighted by Gasteiger charge is -2.04. The van der Waals surface area contributed by atoms with E-state index in [9.17, 15) is 14.9 Å². The van der Waals surface area contributed by atoms with Gasteiger partial charge in [0.05, 0.1) is 4.92 Å². The van der Waals surface area contributed by atoms with Gasteiger partial charge in [0.25, 0.3) is 0 Å². The van der Waals surface area contributed by atoms with Crippen LogP contribution in [-0.4, -0.2) is 16.1 Å². The summed E-state index contributed by atoms with van der Waals surface area (Å²) in [5.41, 5.74) is 2.27. The maximum atomic E-state index is 11.9. The standard InChI is InChI=1S/C21H14N2O6/c24-21(29-20-6-2-1-5-18(20)23(25)26)27-13-17-11-16-10-14(7-8-19(16)28-17)15-4-3-9-22-12-15/h1-12H,13H2. The first kappa shape index (κ1) is 18.2. The summed E-state index contributed by atoms with van der Waals surface area (Å²) in [5.74, 6) is 0.232. The molecule has 8 nitrogen and oxygen atoms in total. The van der Waals surface area contributed by atoms with Gasteiger partial charge >= 0.3 is 11.8 Å². The molecular weight excluding hydrogens is 376 g/mol. The number of carbonyl (C=O) groups excluding carboxylic acids is 1. The molecule has 2 heterocycles. The van der Waals surface area contributed by atoms with Crippen LogP contribution in [0.1, 0.15) is 5.76 Å². The molecule has 0 bridgehead atoms. The zero-order valence-corrected chi connectivity index (χ0v) is 15.0. The first-order valence-corrected chi connectivity index (χ1v) is 8.61. The minimum absolute atomic E-state index is 0.170. The third-order valence-corrected chi connectivity index (χ3v) is 4.15. The van der Waals surface area contributed by atoms with Gasteiger partial charge in [-0.2, -0.15) is 0 Å². The molecule has 4 aromatic rings. The summed E-state index contributed by atoms with van der Waals surface area (Å²) in [6.07, 6.45) is 2.42. The van der Waals surface area contributed by atoms with E-state index in [-0.39, 0.29) is 18.0 Å². The second-order valence-electron chi connectivity index (χ2n) is 6.07. The number of furan rings is 1. The average Bonchev–Trinajstić information content (AvgIpc) is 3.15. The number of nitro groups is 1. The molecule has 0 unspecified atom stereocenters. The van der Waals surface area contributed by atoms with Gasteiger partial charge in [0.15, 0.2) is 6.61 Å². The number of para-hydroxylation sites is 2. The van der Waals surface area contributed by atoms with Crippen molar-refractivity contribution in [3.05, 3.63) is 88.9 Å². The van der Waals surface area contributed by atoms with Crippen molar-refractivity contribution in [1.82, 2.24) is 4.98 Å². The fourth-order valence-electron chi connectivity index (χ4n) is 2.83. The monoisotopic (exact) mass is 390 g/mol. The predicted octanol–water partition coefficient (Wildman–Crippen LogP) is 5.12. The number of fused-ring (bicyclic) bond motifs is 1. The summed E-state index contributed by atoms with van der Waals surface area (Å²) >= 11 is 0. The quantitative estimate of drug-likeness (QED) is 0.202. The molecule has 4 rings (SSSR count). The number of ether oxygens (including phenoxy) is 2. The Balaban J connectivity index is 1.45. The molecule has 0 fully saturated rings. The molecule has 0 aliphatic rings. The molecule has 0 saturated carbocycles. The van der Waals surface area contributed by atoms with Crippen LogP contribution >= 0.6 is 0 Å². The average molecular weight is 390 g/mol. The van der Waals surface area contributed by atoms with Crippen molar-refractivity contribution in [1.29, 1.82) is 0 Å². The number of nitrogens with zero attached hydrogens (tertiary/aromatic N) is 2. The summed E-state index contributed by atoms with van der Waals surface area (Å²) in [6.45, 7) is -0.170. The lowest BCUT2D eigenvalue weighted by Crippen LogP contribution is -2.11. The first-order valence-electron chi connectivity index (χ1n) is 8.61. The molecule has 2 aromatic carbocycles. The van der Waals surface area contributed by atoms with Crippen molar-refractivity contribution in [2.45, 2.75) is 6.61 Å². The van der Waals surface area contributed by atoms with Crippen molar-refractivity contribution in [2.75, 3.05) is 0 Å². The fourth-order valence-corrected chi connectivity index (χ4v) is 2.83. The molecule has 2 aromatic heterocycles. The predicted molar refractivity (Wildman–Crippen MR) is 103 cm³/mol. The number of pyridine rings is 1. The second kappa shape index (κ2) is 7.81. The molecule has 0 atom stereocenters. The number of nitro benzene ring substituents is 1. The van der Waals surface area contributed by atoms with E-state index in [1.165, 1.54) is 24.3 Å². The lowest BCUT2D eigenvalue weighted by molar-refractivity contribution is -0.385. The Bertz CT molecular complexity index is 1190. The van der Waals surface area contributed by atoms with E-state index < -0.39 is 11.1 Å². The molecule has 0 N–H and O–H groups in total. The number of aromatic nitrogens is 1. The highest BCUT2D eigenvalue weighted by Crippen LogP contribution is 2.28. The van der Waals surface area contributed by atoms with Crippen molar-refractivity contribution >= 4 is 22.8 Å². The molecule has 8 heteroatoms. The van der Waals surface area contributed by atoms with E-state index in [2.05, 4.69) is 4.98 Å². The number of hydrogen-bond donors (Lipinski definition) is 0. The molecule has 0 radical (unpaired) electrons. The van der Waals surface area contributed by atoms with Gasteiger partial charge in [0, 0.05) is 29.4 Å². The smallest absolute Gasteiger partial charge is 0.457 e. The third-order valence-electron chi connectivity index (χ3n) is 4.15. The lowest BCUT2D eigenvalue weighted by atomic mass is 10.1. The van der Waals surface area contributed by atoms with E-state index in [1.807, 2.05) is 30.3 Å². The van der Waals surface area contributed by atoms with Crippen LogP contribution in [0.3, 0.4) is 0 Å². The molecule has 0 amide bonds. The van der Waals surface area contributed by atoms with E-state index in [0.29, 0.717) is 11.3 Å². The maximum Gasteiger partial charge on any atom is 0.514 e. The molecule has 0 spiro atoms. The van der Waals surface area contributed by atoms with Crippen molar-refractivity contribution in [3.8, 4) is 16.9 Å². The summed E-state index contributed by atoms with van der Waals surface area (Å²) in [6, 6.07) is 16.8. The van der Waals surface area contributed by atoms with Gasteiger partial charge in [-0.1, -0.05) is 24.3 Å². The Labute approximate surface area is 164 Å². The molecule has 144 valence electrons. The van der Waals surface area contributed by atoms with Crippen molar-refractivity contribution in [2.24, 2.45) is 0 Å². The SMILES string of the molecule is O=C(OCc1cc2cc(-c3cccnc3)ccc2o1)Oc1ccccc1[N+](=O)[O-]. The summed E-state index contributed by atoms with van der Waals surface area (Å²) in [5, 5.41) is 11.8. The topological polar surface area (TPSA) is 105 Å². The van der Waals surface area contributed by atoms with Crippen LogP contribution in [0.2, 0.25) is 0 Å². The molecule has 0 aliphatic heterocycles. The van der Waals surface area contributed by atoms with E-state index in [0.717, 1.165) is 16.5 Å². The normalized spacial score (nSPS) is 10.6. The highest BCUT2D eigenvalue weighted by molar-refractivity contribution is 5.84. The number of carbonyl (C=O) groups is 1. The largest absolute Gasteiger partial charge is 0.514 e. The Kier molecular flexibility index (Phi) is 4.90. The van der Waals surface area contributed by atoms with Gasteiger partial charge in [0.2, 0.25) is 5.75 Å². The van der Waals surface area contributed by atoms with Crippen LogP contribution in [0.5, 0.6) is 5.75 Å². The Morgan fingerprint density at radius 1 is 1.07 bits per heavy atom. The molecule has 0 aliphatic carbocycles. The van der Waals surface area contributed by atoms with Crippen molar-refractivity contribution in [3.63, 3.8) is 0 Å². The third kappa shape index (κ3) is 4.06. The Hall–Kier alpha value is -4.20. The molecule has 0 saturated heterocycles. The van der Waals surface area contributed by atoms with Gasteiger partial charge < -0.3 is 13.9 Å². The van der Waals surface area contributed by atoms with Gasteiger partial charge in [0.1, 0.15) is 11.3 Å². The van der Waals surface area contributed by atoms with Crippen LogP contribution in [0.25, 0.3) is 22.1 Å². The number of hydrogen-bond acceptors (Lipinski definition) is 7. The van der Waals surface area contributed by atoms with Crippen LogP contribution in [0, 0.1) is 10.1 Å². The van der Waals surface area contributed by atoms with E-state index in [4.69, 9.17) is 13.9 Å². The Morgan fingerprint density at radius 2 is 1.93 bits per heavy atom. The van der Waals surface area contributed by atoms with Crippen molar-refractivity contribution < 1.29 is 23.6 Å². The molecular formula is C21H14N2O6. The van der Waals surface area contributed by atoms with Crippen LogP contribution in [0.4, 0.5) is 10.5 Å². The van der Waals surface area contributed by atoms with Crippen LogP contribution in [0.15, 0.2) is 77.5 Å². The zero-order valence-electron chi connectivity index (χ0n) is 15.0.